The number of nitrogens with zero attached hydrogens (tertiary/aromatic N) is 2. The van der Waals surface area contributed by atoms with Crippen LogP contribution >= 0.6 is 0 Å². The maximum atomic E-state index is 12.4. The topological polar surface area (TPSA) is 104 Å². The minimum Gasteiger partial charge on any atom is -0.497 e. The Morgan fingerprint density at radius 1 is 1.32 bits per heavy atom. The Hall–Kier alpha value is -2.19. The molecule has 0 radical (unpaired) electrons. The predicted octanol–water partition coefficient (Wildman–Crippen LogP) is 0.562. The molecule has 1 saturated heterocycles. The van der Waals surface area contributed by atoms with Crippen LogP contribution in [-0.4, -0.2) is 72.2 Å². The summed E-state index contributed by atoms with van der Waals surface area (Å²) < 4.78 is 5.10. The maximum absolute atomic E-state index is 12.4. The van der Waals surface area contributed by atoms with E-state index in [4.69, 9.17) is 4.74 Å². The fraction of sp³-hybridized carbons (Fsp3) is 0.650. The summed E-state index contributed by atoms with van der Waals surface area (Å²) in [7, 11) is 1.53. The van der Waals surface area contributed by atoms with Crippen LogP contribution in [0.4, 0.5) is 0 Å². The molecule has 2 amide bonds. The highest BCUT2D eigenvalue weighted by atomic mass is 16.5. The minimum absolute atomic E-state index is 0.00233. The van der Waals surface area contributed by atoms with Crippen LogP contribution in [0.5, 0.6) is 5.75 Å². The number of hydrogen-bond acceptors (Lipinski definition) is 6. The van der Waals surface area contributed by atoms with Gasteiger partial charge in [-0.2, -0.15) is 0 Å². The van der Waals surface area contributed by atoms with Gasteiger partial charge in [0.25, 0.3) is 5.91 Å². The largest absolute Gasteiger partial charge is 0.497 e. The van der Waals surface area contributed by atoms with Gasteiger partial charge in [0.05, 0.1) is 19.3 Å². The van der Waals surface area contributed by atoms with Gasteiger partial charge in [0.1, 0.15) is 11.4 Å². The van der Waals surface area contributed by atoms with Gasteiger partial charge < -0.3 is 25.4 Å². The van der Waals surface area contributed by atoms with E-state index in [2.05, 4.69) is 20.5 Å². The minimum atomic E-state index is -0.752. The van der Waals surface area contributed by atoms with Crippen LogP contribution in [0.1, 0.15) is 42.6 Å². The highest BCUT2D eigenvalue weighted by Gasteiger charge is 2.33. The second kappa shape index (κ2) is 9.84. The number of rotatable bonds is 7. The molecule has 2 fully saturated rings. The van der Waals surface area contributed by atoms with Gasteiger partial charge in [0.2, 0.25) is 5.91 Å². The van der Waals surface area contributed by atoms with Crippen molar-refractivity contribution < 1.29 is 19.4 Å². The Morgan fingerprint density at radius 3 is 2.82 bits per heavy atom. The average molecular weight is 390 g/mol. The average Bonchev–Trinajstić information content (AvgIpc) is 3.23. The van der Waals surface area contributed by atoms with Crippen LogP contribution in [0.2, 0.25) is 0 Å². The van der Waals surface area contributed by atoms with Crippen molar-refractivity contribution in [2.75, 3.05) is 33.3 Å². The van der Waals surface area contributed by atoms with Crippen LogP contribution in [0, 0.1) is 5.92 Å². The van der Waals surface area contributed by atoms with Gasteiger partial charge >= 0.3 is 0 Å². The lowest BCUT2D eigenvalue weighted by Gasteiger charge is -2.33. The Balaban J connectivity index is 1.43. The molecule has 1 aromatic rings. The standard InChI is InChI=1S/C20H30N4O4/c1-28-15-6-7-21-17(13-15)20(27)23-16-5-4-14(12-18(16)25)19(26)22-8-11-24-9-2-3-10-24/h6-7,13-14,16,18,25H,2-5,8-12H2,1H3,(H,22,26)(H,23,27)/t14-,16-,18-/m0/s1. The number of aliphatic hydroxyl groups is 1. The summed E-state index contributed by atoms with van der Waals surface area (Å²) in [5.74, 6) is -0.0133. The first-order chi connectivity index (χ1) is 13.6. The molecular formula is C20H30N4O4. The van der Waals surface area contributed by atoms with Crippen LogP contribution in [0.25, 0.3) is 0 Å². The lowest BCUT2D eigenvalue weighted by Crippen LogP contribution is -2.49. The molecule has 0 bridgehead atoms. The zero-order chi connectivity index (χ0) is 19.9. The van der Waals surface area contributed by atoms with Crippen molar-refractivity contribution in [3.63, 3.8) is 0 Å². The highest BCUT2D eigenvalue weighted by Crippen LogP contribution is 2.25. The van der Waals surface area contributed by atoms with Crippen molar-refractivity contribution in [3.8, 4) is 5.75 Å². The maximum Gasteiger partial charge on any atom is 0.270 e. The summed E-state index contributed by atoms with van der Waals surface area (Å²) in [6.45, 7) is 3.75. The van der Waals surface area contributed by atoms with E-state index in [1.165, 1.54) is 26.1 Å². The quantitative estimate of drug-likeness (QED) is 0.629. The molecule has 1 aromatic heterocycles. The van der Waals surface area contributed by atoms with E-state index in [1.54, 1.807) is 12.1 Å². The second-order valence-corrected chi connectivity index (χ2v) is 7.58. The van der Waals surface area contributed by atoms with E-state index in [0.29, 0.717) is 31.6 Å². The molecule has 0 aromatic carbocycles. The predicted molar refractivity (Wildman–Crippen MR) is 104 cm³/mol. The highest BCUT2D eigenvalue weighted by molar-refractivity contribution is 5.92. The van der Waals surface area contributed by atoms with E-state index >= 15 is 0 Å². The molecule has 3 N–H and O–H groups in total. The summed E-state index contributed by atoms with van der Waals surface area (Å²) >= 11 is 0. The molecule has 0 unspecified atom stereocenters. The van der Waals surface area contributed by atoms with Crippen molar-refractivity contribution in [1.82, 2.24) is 20.5 Å². The second-order valence-electron chi connectivity index (χ2n) is 7.58. The van der Waals surface area contributed by atoms with Gasteiger partial charge in [0.15, 0.2) is 0 Å². The zero-order valence-electron chi connectivity index (χ0n) is 16.4. The zero-order valence-corrected chi connectivity index (χ0v) is 16.4. The molecule has 3 atom stereocenters. The monoisotopic (exact) mass is 390 g/mol. The fourth-order valence-electron chi connectivity index (χ4n) is 3.95. The molecule has 154 valence electrons. The van der Waals surface area contributed by atoms with E-state index < -0.39 is 6.10 Å². The summed E-state index contributed by atoms with van der Waals surface area (Å²) in [6, 6.07) is 2.84. The first-order valence-electron chi connectivity index (χ1n) is 10.1. The molecule has 1 aliphatic heterocycles. The molecule has 2 heterocycles. The van der Waals surface area contributed by atoms with Crippen molar-refractivity contribution in [3.05, 3.63) is 24.0 Å². The normalized spacial score (nSPS) is 25.3. The Morgan fingerprint density at radius 2 is 2.11 bits per heavy atom. The third-order valence-corrected chi connectivity index (χ3v) is 5.63. The molecule has 0 spiro atoms. The SMILES string of the molecule is COc1ccnc(C(=O)N[C@H]2CC[C@H](C(=O)NCCN3CCCC3)C[C@@H]2O)c1. The van der Waals surface area contributed by atoms with Gasteiger partial charge in [-0.1, -0.05) is 0 Å². The number of carbonyl (C=O) groups is 2. The first-order valence-corrected chi connectivity index (χ1v) is 10.1. The molecule has 3 rings (SSSR count). The van der Waals surface area contributed by atoms with Crippen LogP contribution in [0.3, 0.4) is 0 Å². The molecule has 8 nitrogen and oxygen atoms in total. The van der Waals surface area contributed by atoms with Crippen molar-refractivity contribution in [2.45, 2.75) is 44.2 Å². The number of nitrogens with one attached hydrogen (secondary N) is 2. The fourth-order valence-corrected chi connectivity index (χ4v) is 3.95. The molecule has 1 aliphatic carbocycles. The number of likely N-dealkylation sites (tertiary alicyclic amines) is 1. The number of aromatic nitrogens is 1. The van der Waals surface area contributed by atoms with Crippen LogP contribution in [0.15, 0.2) is 18.3 Å². The molecular weight excluding hydrogens is 360 g/mol. The van der Waals surface area contributed by atoms with Crippen molar-refractivity contribution >= 4 is 11.8 Å². The third kappa shape index (κ3) is 5.42. The number of methoxy groups -OCH3 is 1. The summed E-state index contributed by atoms with van der Waals surface area (Å²) in [5.41, 5.74) is 0.244. The molecule has 2 aliphatic rings. The first kappa shape index (κ1) is 20.5. The van der Waals surface area contributed by atoms with Gasteiger partial charge in [-0.25, -0.2) is 0 Å². The number of amides is 2. The number of carbonyl (C=O) groups excluding carboxylic acids is 2. The molecule has 28 heavy (non-hydrogen) atoms. The summed E-state index contributed by atoms with van der Waals surface area (Å²) in [6.07, 6.45) is 4.78. The van der Waals surface area contributed by atoms with Gasteiger partial charge in [-0.15, -0.1) is 0 Å². The number of ether oxygens (including phenoxy) is 1. The van der Waals surface area contributed by atoms with Gasteiger partial charge in [-0.3, -0.25) is 14.6 Å². The Bertz CT molecular complexity index is 678. The molecule has 8 heteroatoms. The lowest BCUT2D eigenvalue weighted by atomic mass is 9.83. The van der Waals surface area contributed by atoms with E-state index in [1.807, 2.05) is 0 Å². The number of hydrogen-bond donors (Lipinski definition) is 3. The van der Waals surface area contributed by atoms with Crippen molar-refractivity contribution in [2.24, 2.45) is 5.92 Å². The number of aliphatic hydroxyl groups excluding tert-OH is 1. The van der Waals surface area contributed by atoms with E-state index in [0.717, 1.165) is 19.6 Å². The van der Waals surface area contributed by atoms with E-state index in [-0.39, 0.29) is 29.5 Å². The summed E-state index contributed by atoms with van der Waals surface area (Å²) in [4.78, 5) is 31.2. The Labute approximate surface area is 165 Å². The summed E-state index contributed by atoms with van der Waals surface area (Å²) in [5, 5.41) is 16.3. The Kier molecular flexibility index (Phi) is 7.22. The van der Waals surface area contributed by atoms with Gasteiger partial charge in [-0.05, 0) is 51.3 Å². The lowest BCUT2D eigenvalue weighted by molar-refractivity contribution is -0.127. The molecule has 1 saturated carbocycles. The van der Waals surface area contributed by atoms with Gasteiger partial charge in [0, 0.05) is 31.3 Å². The van der Waals surface area contributed by atoms with Crippen molar-refractivity contribution in [1.29, 1.82) is 0 Å². The number of pyridine rings is 1. The third-order valence-electron chi connectivity index (χ3n) is 5.63. The van der Waals surface area contributed by atoms with Crippen LogP contribution in [-0.2, 0) is 4.79 Å². The van der Waals surface area contributed by atoms with Crippen LogP contribution < -0.4 is 15.4 Å². The smallest absolute Gasteiger partial charge is 0.270 e. The van der Waals surface area contributed by atoms with E-state index in [9.17, 15) is 14.7 Å².